The maximum atomic E-state index is 14.2. The number of fused-ring (bicyclic) bond motifs is 10. The average molecular weight is 1690 g/mol. The van der Waals surface area contributed by atoms with Crippen LogP contribution in [0.5, 0.6) is 11.5 Å². The van der Waals surface area contributed by atoms with Gasteiger partial charge in [-0.05, 0) is 170 Å². The number of esters is 2. The predicted octanol–water partition coefficient (Wildman–Crippen LogP) is 10.1. The van der Waals surface area contributed by atoms with Crippen molar-refractivity contribution in [2.75, 3.05) is 118 Å². The third-order valence-electron chi connectivity index (χ3n) is 24.1. The van der Waals surface area contributed by atoms with E-state index < -0.39 is 72.3 Å². The van der Waals surface area contributed by atoms with Gasteiger partial charge in [0.1, 0.15) is 50.6 Å². The Hall–Kier alpha value is -10.3. The molecule has 13 heterocycles. The third-order valence-corrected chi connectivity index (χ3v) is 24.1. The van der Waals surface area contributed by atoms with Crippen molar-refractivity contribution in [3.05, 3.63) is 114 Å². The largest absolute Gasteiger partial charge is 0.856 e. The number of ether oxygens (including phenoxy) is 12. The molecule has 9 aliphatic heterocycles. The second-order valence-electron chi connectivity index (χ2n) is 31.0. The number of hydrogen-bond donors (Lipinski definition) is 1. The van der Waals surface area contributed by atoms with E-state index in [1.54, 1.807) is 69.2 Å². The van der Waals surface area contributed by atoms with Crippen LogP contribution < -0.4 is 31.0 Å². The highest BCUT2D eigenvalue weighted by atomic mass is 19.4. The van der Waals surface area contributed by atoms with Crippen molar-refractivity contribution < 1.29 is 109 Å². The van der Waals surface area contributed by atoms with E-state index in [1.165, 1.54) is 38.5 Å². The zero-order valence-electron chi connectivity index (χ0n) is 67.5. The van der Waals surface area contributed by atoms with E-state index in [2.05, 4.69) is 20.1 Å². The van der Waals surface area contributed by atoms with Crippen molar-refractivity contribution in [3.8, 4) is 34.3 Å². The Kier molecular flexibility index (Phi) is 29.2. The molecular weight excluding hydrogens is 1580 g/mol. The fraction of sp³-hybridized carbons (Fsp3) is 0.581. The molecule has 4 atom stereocenters. The summed E-state index contributed by atoms with van der Waals surface area (Å²) in [6, 6.07) is 15.0. The van der Waals surface area contributed by atoms with Gasteiger partial charge in [0, 0.05) is 77.8 Å². The van der Waals surface area contributed by atoms with E-state index in [4.69, 9.17) is 66.8 Å². The molecule has 0 radical (unpaired) electrons. The van der Waals surface area contributed by atoms with E-state index >= 15 is 0 Å². The van der Waals surface area contributed by atoms with Crippen LogP contribution in [0.15, 0.2) is 63.1 Å². The maximum Gasteiger partial charge on any atom is 0.509 e. The van der Waals surface area contributed by atoms with Crippen LogP contribution >= 0.6 is 0 Å². The SMILES string of the molecule is C.C.CCc1c2c(nc3ccc(OC(=O)N4CCC(N5CCCCC5)CC4)cc13)-c1cc3c(c(=O)n1C2)COC(=O)[C@@]3(CC)OC(=O)OCCOCCN=C([O-])C(F)(F)F.CCc1c2c(nc3ccc(OC(=O)N4CCC(N5CCCCC5)CC4)cc13)-c1cc3c(c(=O)n1C2)COC(=O)[C@@]3(CC)OC(=O)OCCOCCNC(=O)COC1COC1C. The smallest absolute Gasteiger partial charge is 0.509 e. The summed E-state index contributed by atoms with van der Waals surface area (Å²) in [5.41, 5.74) is 2.70. The number of likely N-dealkylation sites (tertiary alicyclic amines) is 4. The van der Waals surface area contributed by atoms with E-state index in [9.17, 15) is 61.4 Å². The summed E-state index contributed by atoms with van der Waals surface area (Å²) in [5.74, 6) is -3.41. The number of nitrogens with one attached hydrogen (secondary N) is 1. The van der Waals surface area contributed by atoms with Gasteiger partial charge in [0.25, 0.3) is 11.1 Å². The van der Waals surface area contributed by atoms with E-state index in [-0.39, 0.29) is 152 Å². The van der Waals surface area contributed by atoms with E-state index in [0.717, 1.165) is 84.9 Å². The second kappa shape index (κ2) is 39.2. The van der Waals surface area contributed by atoms with Crippen LogP contribution in [-0.4, -0.2) is 236 Å². The van der Waals surface area contributed by atoms with Gasteiger partial charge in [0.2, 0.25) is 17.1 Å². The number of rotatable bonds is 25. The lowest BCUT2D eigenvalue weighted by atomic mass is 9.85. The molecule has 0 saturated carbocycles. The fourth-order valence-corrected chi connectivity index (χ4v) is 17.5. The number of aryl methyl sites for hydroxylation is 2. The van der Waals surface area contributed by atoms with Gasteiger partial charge in [-0.2, -0.15) is 13.2 Å². The van der Waals surface area contributed by atoms with Gasteiger partial charge in [0.15, 0.2) is 0 Å². The Morgan fingerprint density at radius 1 is 0.587 bits per heavy atom. The van der Waals surface area contributed by atoms with Crippen LogP contribution in [0.2, 0.25) is 0 Å². The summed E-state index contributed by atoms with van der Waals surface area (Å²) in [6.45, 7) is 15.1. The lowest BCUT2D eigenvalue weighted by Gasteiger charge is -2.39. The third kappa shape index (κ3) is 19.1. The molecule has 6 aromatic rings. The number of carbonyl (C=O) groups excluding carboxylic acids is 7. The van der Waals surface area contributed by atoms with Crippen LogP contribution in [-0.2, 0) is 112 Å². The predicted molar refractivity (Wildman–Crippen MR) is 432 cm³/mol. The molecule has 3 amide bonds. The molecule has 121 heavy (non-hydrogen) atoms. The molecule has 5 saturated heterocycles. The highest BCUT2D eigenvalue weighted by molar-refractivity contribution is 5.93. The quantitative estimate of drug-likeness (QED) is 0.0183. The Morgan fingerprint density at radius 3 is 1.44 bits per heavy atom. The number of nitrogens with zero attached hydrogens (tertiary/aromatic N) is 9. The molecular formula is C86H108F3N10O22-. The van der Waals surface area contributed by atoms with Crippen molar-refractivity contribution in [1.29, 1.82) is 0 Å². The number of aliphatic imine (C=N–C) groups is 1. The van der Waals surface area contributed by atoms with Crippen LogP contribution in [0.3, 0.4) is 0 Å². The minimum absolute atomic E-state index is 0. The van der Waals surface area contributed by atoms with Crippen molar-refractivity contribution in [3.63, 3.8) is 0 Å². The molecule has 0 bridgehead atoms. The molecule has 4 aromatic heterocycles. The molecule has 0 aliphatic carbocycles. The molecule has 656 valence electrons. The molecule has 5 fully saturated rings. The summed E-state index contributed by atoms with van der Waals surface area (Å²) < 4.78 is 106. The summed E-state index contributed by atoms with van der Waals surface area (Å²) in [5, 5.41) is 15.1. The first-order chi connectivity index (χ1) is 57.4. The van der Waals surface area contributed by atoms with Crippen LogP contribution in [0.25, 0.3) is 44.6 Å². The number of carbonyl (C=O) groups is 7. The molecule has 35 heteroatoms. The minimum Gasteiger partial charge on any atom is -0.856 e. The molecule has 2 unspecified atom stereocenters. The van der Waals surface area contributed by atoms with Gasteiger partial charge in [0.05, 0.1) is 110 Å². The molecule has 1 N–H and O–H groups in total. The van der Waals surface area contributed by atoms with Crippen LogP contribution in [0.1, 0.15) is 171 Å². The number of pyridine rings is 4. The number of piperidine rings is 4. The molecule has 2 aromatic carbocycles. The van der Waals surface area contributed by atoms with E-state index in [1.807, 2.05) is 32.9 Å². The topological polar surface area (TPSA) is 360 Å². The molecule has 15 rings (SSSR count). The summed E-state index contributed by atoms with van der Waals surface area (Å²) in [4.78, 5) is 141. The highest BCUT2D eigenvalue weighted by Gasteiger charge is 2.53. The number of aromatic nitrogens is 4. The van der Waals surface area contributed by atoms with Crippen molar-refractivity contribution >= 4 is 70.0 Å². The van der Waals surface area contributed by atoms with Crippen LogP contribution in [0.4, 0.5) is 32.3 Å². The zero-order valence-corrected chi connectivity index (χ0v) is 67.5. The molecule has 32 nitrogen and oxygen atoms in total. The van der Waals surface area contributed by atoms with Crippen molar-refractivity contribution in [2.45, 2.75) is 207 Å². The normalized spacial score (nSPS) is 20.9. The number of halogens is 3. The summed E-state index contributed by atoms with van der Waals surface area (Å²) >= 11 is 0. The Morgan fingerprint density at radius 2 is 1.03 bits per heavy atom. The first kappa shape index (κ1) is 89.9. The summed E-state index contributed by atoms with van der Waals surface area (Å²) in [6.07, 6.45) is 3.94. The van der Waals surface area contributed by atoms with Gasteiger partial charge in [-0.3, -0.25) is 19.4 Å². The maximum absolute atomic E-state index is 14.2. The van der Waals surface area contributed by atoms with E-state index in [0.29, 0.717) is 103 Å². The highest BCUT2D eigenvalue weighted by Crippen LogP contribution is 2.46. The molecule has 9 aliphatic rings. The lowest BCUT2D eigenvalue weighted by molar-refractivity contribution is -0.263. The van der Waals surface area contributed by atoms with Gasteiger partial charge in [-0.15, -0.1) is 0 Å². The number of cyclic esters (lactones) is 2. The van der Waals surface area contributed by atoms with Crippen molar-refractivity contribution in [1.82, 2.24) is 44.0 Å². The Bertz CT molecular complexity index is 4990. The van der Waals surface area contributed by atoms with Gasteiger partial charge in [-0.1, -0.05) is 55.4 Å². The average Bonchev–Trinajstić information content (AvgIpc) is 1.51. The number of benzene rings is 2. The number of hydrogen-bond acceptors (Lipinski definition) is 27. The summed E-state index contributed by atoms with van der Waals surface area (Å²) in [7, 11) is 0. The fourth-order valence-electron chi connectivity index (χ4n) is 17.5. The Labute approximate surface area is 698 Å². The number of amides is 3. The second-order valence-corrected chi connectivity index (χ2v) is 31.0. The monoisotopic (exact) mass is 1690 g/mol. The van der Waals surface area contributed by atoms with Gasteiger partial charge >= 0.3 is 42.6 Å². The number of alkyl halides is 3. The lowest BCUT2D eigenvalue weighted by Crippen LogP contribution is -2.48. The van der Waals surface area contributed by atoms with Crippen LogP contribution in [0, 0.1) is 0 Å². The minimum atomic E-state index is -5.08. The Balaban J connectivity index is 0.000000218. The standard InChI is InChI=1S/C44H55N5O12.C40H46F3N5O10.2CH4/c1-4-30-31-21-29(60-42(53)48-16-11-28(12-17-48)47-14-7-6-8-15-47)9-10-35(31)46-39-32(30)23-49-36(39)22-34-33(40(49)51)24-59-41(52)44(34,5-2)61-43(54)56-20-19-55-18-13-45-38(50)26-58-37-25-57-27(37)3;1-3-26-27-20-25(57-37(52)47-15-10-24(11-16-47)46-13-6-5-7-14-46)8-9-31(27)45-33-28(26)22-48-32(33)21-30-29(34(48)49)23-56-36(51)39(30,4-2)58-38(53)55-19-18-54-17-12-44-35(50)40(41,42)43;;/h9-10,21-22,27-28,37H,4-8,11-20,23-26H2,1-3H3,(H,45,50);8-9,20-21,24H,3-7,10-19,22-23H2,1-2H3,(H,44,50);2*1H4/p-1/t27?,37?,44-;39-;;/m00../s1. The zero-order chi connectivity index (χ0) is 83.9. The van der Waals surface area contributed by atoms with Crippen molar-refractivity contribution in [2.24, 2.45) is 4.99 Å². The van der Waals surface area contributed by atoms with Gasteiger partial charge < -0.3 is 96.0 Å². The molecule has 0 spiro atoms. The first-order valence-electron chi connectivity index (χ1n) is 41.3. The van der Waals surface area contributed by atoms with Gasteiger partial charge in [-0.25, -0.2) is 38.7 Å². The first-order valence-corrected chi connectivity index (χ1v) is 41.3.